The smallest absolute Gasteiger partial charge is 0.384 e. The van der Waals surface area contributed by atoms with Crippen molar-refractivity contribution in [1.29, 1.82) is 0 Å². The molecule has 56 valence electrons. The summed E-state index contributed by atoms with van der Waals surface area (Å²) < 4.78 is 4.33. The van der Waals surface area contributed by atoms with Gasteiger partial charge < -0.3 is 4.74 Å². The fraction of sp³-hybridized carbons (Fsp3) is 0.625. The molecular formula is C8H12O2. The maximum Gasteiger partial charge on any atom is 0.384 e. The zero-order valence-corrected chi connectivity index (χ0v) is 6.60. The summed E-state index contributed by atoms with van der Waals surface area (Å²) in [6, 6.07) is 0. The number of carbonyl (C=O) groups excluding carboxylic acids is 1. The van der Waals surface area contributed by atoms with E-state index in [1.807, 2.05) is 13.8 Å². The summed E-state index contributed by atoms with van der Waals surface area (Å²) in [7, 11) is 1.33. The Morgan fingerprint density at radius 3 is 2.70 bits per heavy atom. The third kappa shape index (κ3) is 3.96. The number of rotatable bonds is 1. The van der Waals surface area contributed by atoms with E-state index in [0.29, 0.717) is 0 Å². The molecule has 0 radical (unpaired) electrons. The van der Waals surface area contributed by atoms with Crippen molar-refractivity contribution in [2.45, 2.75) is 20.3 Å². The number of hydrogen-bond donors (Lipinski definition) is 0. The van der Waals surface area contributed by atoms with Crippen molar-refractivity contribution in [2.24, 2.45) is 5.92 Å². The highest BCUT2D eigenvalue weighted by Gasteiger charge is 1.92. The van der Waals surface area contributed by atoms with Gasteiger partial charge in [0.05, 0.1) is 7.11 Å². The summed E-state index contributed by atoms with van der Waals surface area (Å²) in [6.07, 6.45) is 0.962. The van der Waals surface area contributed by atoms with Gasteiger partial charge in [-0.15, -0.1) is 0 Å². The van der Waals surface area contributed by atoms with Gasteiger partial charge in [0, 0.05) is 11.8 Å². The van der Waals surface area contributed by atoms with Crippen LogP contribution in [-0.2, 0) is 9.53 Å². The molecule has 0 bridgehead atoms. The summed E-state index contributed by atoms with van der Waals surface area (Å²) in [4.78, 5) is 10.4. The molecule has 0 fully saturated rings. The van der Waals surface area contributed by atoms with Crippen LogP contribution in [0.15, 0.2) is 0 Å². The van der Waals surface area contributed by atoms with Crippen LogP contribution in [0.3, 0.4) is 0 Å². The van der Waals surface area contributed by atoms with Gasteiger partial charge in [0.25, 0.3) is 0 Å². The first kappa shape index (κ1) is 9.03. The maximum absolute atomic E-state index is 10.4. The highest BCUT2D eigenvalue weighted by Crippen LogP contribution is 1.95. The lowest BCUT2D eigenvalue weighted by molar-refractivity contribution is -0.133. The van der Waals surface area contributed by atoms with Gasteiger partial charge in [0.15, 0.2) is 0 Å². The Morgan fingerprint density at radius 1 is 1.70 bits per heavy atom. The minimum atomic E-state index is -0.458. The van der Waals surface area contributed by atoms with Crippen molar-refractivity contribution in [3.63, 3.8) is 0 Å². The van der Waals surface area contributed by atoms with E-state index in [0.717, 1.165) is 6.42 Å². The third-order valence-electron chi connectivity index (χ3n) is 1.22. The molecule has 0 spiro atoms. The Hall–Kier alpha value is -0.970. The van der Waals surface area contributed by atoms with E-state index in [1.54, 1.807) is 0 Å². The summed E-state index contributed by atoms with van der Waals surface area (Å²) in [5.74, 6) is 4.95. The predicted octanol–water partition coefficient (Wildman–Crippen LogP) is 1.21. The van der Waals surface area contributed by atoms with Gasteiger partial charge in [0.2, 0.25) is 0 Å². The minimum absolute atomic E-state index is 0.277. The zero-order chi connectivity index (χ0) is 7.98. The van der Waals surface area contributed by atoms with Gasteiger partial charge in [0.1, 0.15) is 0 Å². The molecule has 0 saturated carbocycles. The lowest BCUT2D eigenvalue weighted by atomic mass is 10.1. The maximum atomic E-state index is 10.4. The van der Waals surface area contributed by atoms with Gasteiger partial charge in [-0.2, -0.15) is 0 Å². The van der Waals surface area contributed by atoms with Gasteiger partial charge in [-0.05, 0) is 6.42 Å². The summed E-state index contributed by atoms with van der Waals surface area (Å²) >= 11 is 0. The number of hydrogen-bond acceptors (Lipinski definition) is 2. The molecule has 0 rings (SSSR count). The summed E-state index contributed by atoms with van der Waals surface area (Å²) in [5, 5.41) is 0. The van der Waals surface area contributed by atoms with E-state index in [9.17, 15) is 4.79 Å². The molecule has 0 aromatic rings. The molecule has 0 heterocycles. The molecule has 2 heteroatoms. The molecule has 0 amide bonds. The number of ether oxygens (including phenoxy) is 1. The molecule has 10 heavy (non-hydrogen) atoms. The first-order valence-electron chi connectivity index (χ1n) is 3.30. The minimum Gasteiger partial charge on any atom is -0.459 e. The fourth-order valence-electron chi connectivity index (χ4n) is 0.335. The Labute approximate surface area is 61.6 Å². The molecule has 1 atom stereocenters. The first-order chi connectivity index (χ1) is 4.70. The number of esters is 1. The number of methoxy groups -OCH3 is 1. The van der Waals surface area contributed by atoms with Crippen molar-refractivity contribution < 1.29 is 9.53 Å². The third-order valence-corrected chi connectivity index (χ3v) is 1.22. The highest BCUT2D eigenvalue weighted by atomic mass is 16.5. The second-order valence-electron chi connectivity index (χ2n) is 2.07. The van der Waals surface area contributed by atoms with Crippen LogP contribution in [0.25, 0.3) is 0 Å². The van der Waals surface area contributed by atoms with E-state index in [1.165, 1.54) is 7.11 Å². The van der Waals surface area contributed by atoms with Gasteiger partial charge in [-0.25, -0.2) is 4.79 Å². The molecule has 0 saturated heterocycles. The molecule has 0 aliphatic rings. The monoisotopic (exact) mass is 140 g/mol. The Bertz CT molecular complexity index is 162. The molecule has 0 unspecified atom stereocenters. The Morgan fingerprint density at radius 2 is 2.30 bits per heavy atom. The molecule has 0 aliphatic carbocycles. The van der Waals surface area contributed by atoms with Crippen LogP contribution in [0, 0.1) is 17.8 Å². The topological polar surface area (TPSA) is 26.3 Å². The normalized spacial score (nSPS) is 11.1. The van der Waals surface area contributed by atoms with Crippen LogP contribution in [0.1, 0.15) is 20.3 Å². The van der Waals surface area contributed by atoms with Gasteiger partial charge in [-0.3, -0.25) is 0 Å². The van der Waals surface area contributed by atoms with Crippen LogP contribution in [-0.4, -0.2) is 13.1 Å². The van der Waals surface area contributed by atoms with E-state index in [-0.39, 0.29) is 5.92 Å². The second-order valence-corrected chi connectivity index (χ2v) is 2.07. The summed E-state index contributed by atoms with van der Waals surface area (Å²) in [5.41, 5.74) is 0. The van der Waals surface area contributed by atoms with Crippen molar-refractivity contribution in [1.82, 2.24) is 0 Å². The second kappa shape index (κ2) is 4.87. The first-order valence-corrected chi connectivity index (χ1v) is 3.30. The van der Waals surface area contributed by atoms with Gasteiger partial charge in [-0.1, -0.05) is 19.8 Å². The highest BCUT2D eigenvalue weighted by molar-refractivity contribution is 5.88. The molecule has 0 aromatic heterocycles. The lowest BCUT2D eigenvalue weighted by Gasteiger charge is -1.93. The van der Waals surface area contributed by atoms with Crippen LogP contribution in [0.4, 0.5) is 0 Å². The molecule has 0 aliphatic heterocycles. The lowest BCUT2D eigenvalue weighted by Crippen LogP contribution is -1.96. The van der Waals surface area contributed by atoms with E-state index >= 15 is 0 Å². The quantitative estimate of drug-likeness (QED) is 0.311. The Kier molecular flexibility index (Phi) is 4.39. The molecule has 2 nitrogen and oxygen atoms in total. The van der Waals surface area contributed by atoms with Crippen LogP contribution >= 0.6 is 0 Å². The van der Waals surface area contributed by atoms with Crippen LogP contribution in [0.2, 0.25) is 0 Å². The fourth-order valence-corrected chi connectivity index (χ4v) is 0.335. The van der Waals surface area contributed by atoms with E-state index in [2.05, 4.69) is 16.6 Å². The van der Waals surface area contributed by atoms with Crippen LogP contribution in [0.5, 0.6) is 0 Å². The largest absolute Gasteiger partial charge is 0.459 e. The number of carbonyl (C=O) groups is 1. The van der Waals surface area contributed by atoms with Crippen molar-refractivity contribution in [3.05, 3.63) is 0 Å². The van der Waals surface area contributed by atoms with Crippen molar-refractivity contribution >= 4 is 5.97 Å². The van der Waals surface area contributed by atoms with Crippen molar-refractivity contribution in [2.75, 3.05) is 7.11 Å². The SMILES string of the molecule is CC[C@H](C)C#CC(=O)OC. The molecule has 0 aromatic carbocycles. The van der Waals surface area contributed by atoms with Crippen LogP contribution < -0.4 is 0 Å². The molecule has 0 N–H and O–H groups in total. The van der Waals surface area contributed by atoms with E-state index in [4.69, 9.17) is 0 Å². The Balaban J connectivity index is 3.78. The zero-order valence-electron chi connectivity index (χ0n) is 6.60. The summed E-state index contributed by atoms with van der Waals surface area (Å²) in [6.45, 7) is 3.99. The standard InChI is InChI=1S/C8H12O2/c1-4-7(2)5-6-8(9)10-3/h7H,4H2,1-3H3/t7-/m0/s1. The van der Waals surface area contributed by atoms with Crippen molar-refractivity contribution in [3.8, 4) is 11.8 Å². The van der Waals surface area contributed by atoms with E-state index < -0.39 is 5.97 Å². The average Bonchev–Trinajstić information content (AvgIpc) is 1.99. The molecular weight excluding hydrogens is 128 g/mol. The predicted molar refractivity (Wildman–Crippen MR) is 39.2 cm³/mol. The van der Waals surface area contributed by atoms with Gasteiger partial charge >= 0.3 is 5.97 Å². The average molecular weight is 140 g/mol.